The first-order valence-corrected chi connectivity index (χ1v) is 6.89. The summed E-state index contributed by atoms with van der Waals surface area (Å²) in [5.41, 5.74) is 1.28. The van der Waals surface area contributed by atoms with Crippen molar-refractivity contribution in [3.05, 3.63) is 29.3 Å². The second-order valence-corrected chi connectivity index (χ2v) is 4.88. The highest BCUT2D eigenvalue weighted by Gasteiger charge is 2.21. The number of rotatable bonds is 6. The van der Waals surface area contributed by atoms with Crippen molar-refractivity contribution in [3.8, 4) is 0 Å². The van der Waals surface area contributed by atoms with Gasteiger partial charge in [-0.05, 0) is 30.9 Å². The van der Waals surface area contributed by atoms with Gasteiger partial charge in [-0.1, -0.05) is 6.07 Å². The van der Waals surface area contributed by atoms with Gasteiger partial charge in [-0.2, -0.15) is 0 Å². The van der Waals surface area contributed by atoms with Crippen LogP contribution in [-0.2, 0) is 9.53 Å². The number of hydrogen-bond donors (Lipinski definition) is 2. The molecule has 1 aromatic carbocycles. The van der Waals surface area contributed by atoms with Gasteiger partial charge < -0.3 is 15.2 Å². The zero-order valence-corrected chi connectivity index (χ0v) is 11.9. The molecular formula is C13H17NO4S. The number of aliphatic carboxylic acids is 1. The lowest BCUT2D eigenvalue weighted by molar-refractivity contribution is -0.140. The molecule has 5 nitrogen and oxygen atoms in total. The third-order valence-corrected chi connectivity index (χ3v) is 3.35. The Labute approximate surface area is 116 Å². The molecule has 0 heterocycles. The fraction of sp³-hybridized carbons (Fsp3) is 0.385. The highest BCUT2D eigenvalue weighted by atomic mass is 32.2. The number of nitrogens with one attached hydrogen (secondary N) is 1. The smallest absolute Gasteiger partial charge is 0.328 e. The van der Waals surface area contributed by atoms with Crippen LogP contribution in [0.25, 0.3) is 0 Å². The summed E-state index contributed by atoms with van der Waals surface area (Å²) in [5, 5.41) is 11.4. The van der Waals surface area contributed by atoms with Gasteiger partial charge in [0, 0.05) is 17.6 Å². The molecule has 0 saturated heterocycles. The van der Waals surface area contributed by atoms with Crippen molar-refractivity contribution in [1.29, 1.82) is 0 Å². The van der Waals surface area contributed by atoms with Crippen LogP contribution >= 0.6 is 11.8 Å². The summed E-state index contributed by atoms with van der Waals surface area (Å²) in [5.74, 6) is -1.52. The van der Waals surface area contributed by atoms with Crippen molar-refractivity contribution in [1.82, 2.24) is 5.32 Å². The van der Waals surface area contributed by atoms with Crippen LogP contribution in [0.1, 0.15) is 15.9 Å². The molecule has 0 aliphatic heterocycles. The standard InChI is InChI=1S/C13H17NO4S/c1-8-4-5-9(19-3)6-10(8)12(15)14-11(7-18-2)13(16)17/h4-6,11H,7H2,1-3H3,(H,14,15)(H,16,17). The number of benzene rings is 1. The van der Waals surface area contributed by atoms with E-state index in [1.807, 2.05) is 25.3 Å². The molecule has 1 rings (SSSR count). The molecule has 6 heteroatoms. The minimum Gasteiger partial charge on any atom is -0.480 e. The molecule has 2 N–H and O–H groups in total. The number of methoxy groups -OCH3 is 1. The van der Waals surface area contributed by atoms with E-state index in [-0.39, 0.29) is 6.61 Å². The first-order valence-electron chi connectivity index (χ1n) is 5.66. The normalized spacial score (nSPS) is 11.9. The molecule has 0 aromatic heterocycles. The molecular weight excluding hydrogens is 266 g/mol. The molecule has 19 heavy (non-hydrogen) atoms. The molecule has 0 aliphatic rings. The molecule has 0 fully saturated rings. The van der Waals surface area contributed by atoms with Gasteiger partial charge in [0.1, 0.15) is 0 Å². The van der Waals surface area contributed by atoms with Gasteiger partial charge in [0.05, 0.1) is 6.61 Å². The van der Waals surface area contributed by atoms with Crippen molar-refractivity contribution in [3.63, 3.8) is 0 Å². The van der Waals surface area contributed by atoms with E-state index in [0.717, 1.165) is 10.5 Å². The van der Waals surface area contributed by atoms with Crippen molar-refractivity contribution in [2.24, 2.45) is 0 Å². The first kappa shape index (κ1) is 15.5. The van der Waals surface area contributed by atoms with E-state index in [9.17, 15) is 9.59 Å². The van der Waals surface area contributed by atoms with E-state index in [1.54, 1.807) is 6.07 Å². The van der Waals surface area contributed by atoms with Gasteiger partial charge in [0.15, 0.2) is 6.04 Å². The second-order valence-electron chi connectivity index (χ2n) is 4.00. The number of carbonyl (C=O) groups is 2. The number of hydrogen-bond acceptors (Lipinski definition) is 4. The predicted molar refractivity (Wildman–Crippen MR) is 73.7 cm³/mol. The number of thioether (sulfide) groups is 1. The van der Waals surface area contributed by atoms with E-state index >= 15 is 0 Å². The van der Waals surface area contributed by atoms with Crippen LogP contribution in [0.15, 0.2) is 23.1 Å². The molecule has 104 valence electrons. The molecule has 0 radical (unpaired) electrons. The van der Waals surface area contributed by atoms with E-state index in [4.69, 9.17) is 9.84 Å². The number of amides is 1. The Balaban J connectivity index is 2.90. The summed E-state index contributed by atoms with van der Waals surface area (Å²) in [4.78, 5) is 24.0. The minimum absolute atomic E-state index is 0.0671. The zero-order valence-electron chi connectivity index (χ0n) is 11.1. The van der Waals surface area contributed by atoms with Crippen molar-refractivity contribution >= 4 is 23.6 Å². The maximum absolute atomic E-state index is 12.1. The third kappa shape index (κ3) is 4.25. The average molecular weight is 283 g/mol. The SMILES string of the molecule is COCC(NC(=O)c1cc(SC)ccc1C)C(=O)O. The first-order chi connectivity index (χ1) is 8.99. The fourth-order valence-electron chi connectivity index (χ4n) is 1.55. The van der Waals surface area contributed by atoms with Crippen LogP contribution in [0.4, 0.5) is 0 Å². The Hall–Kier alpha value is -1.53. The van der Waals surface area contributed by atoms with Gasteiger partial charge >= 0.3 is 5.97 Å². The van der Waals surface area contributed by atoms with E-state index in [1.165, 1.54) is 18.9 Å². The lowest BCUT2D eigenvalue weighted by Gasteiger charge is -2.15. The van der Waals surface area contributed by atoms with E-state index in [2.05, 4.69) is 5.32 Å². The Kier molecular flexibility index (Phi) is 5.85. The molecule has 1 atom stereocenters. The summed E-state index contributed by atoms with van der Waals surface area (Å²) in [7, 11) is 1.39. The van der Waals surface area contributed by atoms with Gasteiger partial charge in [0.25, 0.3) is 5.91 Å². The van der Waals surface area contributed by atoms with Crippen molar-refractivity contribution in [2.45, 2.75) is 17.9 Å². The molecule has 0 bridgehead atoms. The fourth-order valence-corrected chi connectivity index (χ4v) is 1.99. The van der Waals surface area contributed by atoms with Crippen LogP contribution in [-0.4, -0.2) is 43.0 Å². The van der Waals surface area contributed by atoms with Gasteiger partial charge in [-0.15, -0.1) is 11.8 Å². The van der Waals surface area contributed by atoms with Gasteiger partial charge in [-0.25, -0.2) is 4.79 Å². The summed E-state index contributed by atoms with van der Waals surface area (Å²) in [6, 6.07) is 4.46. The molecule has 1 unspecified atom stereocenters. The Morgan fingerprint density at radius 2 is 2.16 bits per heavy atom. The van der Waals surface area contributed by atoms with E-state index < -0.39 is 17.9 Å². The maximum Gasteiger partial charge on any atom is 0.328 e. The summed E-state index contributed by atoms with van der Waals surface area (Å²) in [6.07, 6.45) is 1.91. The number of carbonyl (C=O) groups excluding carboxylic acids is 1. The van der Waals surface area contributed by atoms with E-state index in [0.29, 0.717) is 5.56 Å². The predicted octanol–water partition coefficient (Wildman–Crippen LogP) is 1.55. The van der Waals surface area contributed by atoms with Crippen LogP contribution < -0.4 is 5.32 Å². The summed E-state index contributed by atoms with van der Waals surface area (Å²) >= 11 is 1.52. The number of carboxylic acids is 1. The molecule has 0 spiro atoms. The third-order valence-electron chi connectivity index (χ3n) is 2.63. The van der Waals surface area contributed by atoms with Crippen molar-refractivity contribution in [2.75, 3.05) is 20.0 Å². The number of aryl methyl sites for hydroxylation is 1. The average Bonchev–Trinajstić information content (AvgIpc) is 2.38. The maximum atomic E-state index is 12.1. The second kappa shape index (κ2) is 7.16. The lowest BCUT2D eigenvalue weighted by atomic mass is 10.1. The Morgan fingerprint density at radius 3 is 2.68 bits per heavy atom. The minimum atomic E-state index is -1.12. The molecule has 1 aromatic rings. The largest absolute Gasteiger partial charge is 0.480 e. The monoisotopic (exact) mass is 283 g/mol. The zero-order chi connectivity index (χ0) is 14.4. The Bertz CT molecular complexity index is 476. The molecule has 0 aliphatic carbocycles. The van der Waals surface area contributed by atoms with Gasteiger partial charge in [-0.3, -0.25) is 4.79 Å². The molecule has 1 amide bonds. The topological polar surface area (TPSA) is 75.6 Å². The van der Waals surface area contributed by atoms with Crippen molar-refractivity contribution < 1.29 is 19.4 Å². The number of carboxylic acid groups (broad SMARTS) is 1. The molecule has 0 saturated carbocycles. The number of ether oxygens (including phenoxy) is 1. The quantitative estimate of drug-likeness (QED) is 0.775. The van der Waals surface area contributed by atoms with Gasteiger partial charge in [0.2, 0.25) is 0 Å². The summed E-state index contributed by atoms with van der Waals surface area (Å²) in [6.45, 7) is 1.74. The van der Waals surface area contributed by atoms with Crippen LogP contribution in [0.2, 0.25) is 0 Å². The van der Waals surface area contributed by atoms with Crippen LogP contribution in [0.3, 0.4) is 0 Å². The van der Waals surface area contributed by atoms with Crippen LogP contribution in [0, 0.1) is 6.92 Å². The highest BCUT2D eigenvalue weighted by Crippen LogP contribution is 2.19. The summed E-state index contributed by atoms with van der Waals surface area (Å²) < 4.78 is 4.78. The Morgan fingerprint density at radius 1 is 1.47 bits per heavy atom. The highest BCUT2D eigenvalue weighted by molar-refractivity contribution is 7.98. The lowest BCUT2D eigenvalue weighted by Crippen LogP contribution is -2.44. The van der Waals surface area contributed by atoms with Crippen LogP contribution in [0.5, 0.6) is 0 Å².